The van der Waals surface area contributed by atoms with Gasteiger partial charge < -0.3 is 15.0 Å². The second-order valence-corrected chi connectivity index (χ2v) is 8.27. The number of rotatable bonds is 5. The summed E-state index contributed by atoms with van der Waals surface area (Å²) in [5.41, 5.74) is 2.45. The van der Waals surface area contributed by atoms with Crippen molar-refractivity contribution in [1.29, 1.82) is 0 Å². The molecule has 29 heavy (non-hydrogen) atoms. The second-order valence-electron chi connectivity index (χ2n) is 7.32. The van der Waals surface area contributed by atoms with Gasteiger partial charge in [-0.3, -0.25) is 9.89 Å². The summed E-state index contributed by atoms with van der Waals surface area (Å²) < 4.78 is 6.10. The molecular weight excluding hydrogens is 497 g/mol. The van der Waals surface area contributed by atoms with Crippen LogP contribution in [0, 0.1) is 0 Å². The molecule has 4 rings (SSSR count). The smallest absolute Gasteiger partial charge is 0.194 e. The highest BCUT2D eigenvalue weighted by Gasteiger charge is 2.41. The maximum Gasteiger partial charge on any atom is 0.194 e. The molecule has 1 aromatic heterocycles. The highest BCUT2D eigenvalue weighted by Crippen LogP contribution is 2.24. The van der Waals surface area contributed by atoms with Crippen molar-refractivity contribution in [3.63, 3.8) is 0 Å². The predicted octanol–water partition coefficient (Wildman–Crippen LogP) is 2.98. The van der Waals surface area contributed by atoms with E-state index in [4.69, 9.17) is 4.74 Å². The zero-order chi connectivity index (χ0) is 19.3. The Bertz CT molecular complexity index is 799. The Labute approximate surface area is 194 Å². The number of hydrogen-bond donors (Lipinski definition) is 1. The predicted molar refractivity (Wildman–Crippen MR) is 129 cm³/mol. The van der Waals surface area contributed by atoms with Gasteiger partial charge in [0.05, 0.1) is 36.0 Å². The fourth-order valence-corrected chi connectivity index (χ4v) is 4.78. The third-order valence-corrected chi connectivity index (χ3v) is 6.53. The van der Waals surface area contributed by atoms with Crippen molar-refractivity contribution in [2.75, 3.05) is 33.3 Å². The molecule has 0 radical (unpaired) electrons. The molecule has 2 unspecified atom stereocenters. The molecule has 0 aliphatic carbocycles. The summed E-state index contributed by atoms with van der Waals surface area (Å²) in [6.07, 6.45) is 1.23. The zero-order valence-corrected chi connectivity index (χ0v) is 20.2. The van der Waals surface area contributed by atoms with E-state index in [1.54, 1.807) is 11.3 Å². The first kappa shape index (κ1) is 22.5. The molecule has 0 spiro atoms. The van der Waals surface area contributed by atoms with Gasteiger partial charge in [-0.05, 0) is 12.0 Å². The van der Waals surface area contributed by atoms with E-state index in [0.29, 0.717) is 12.6 Å². The normalized spacial score (nSPS) is 22.3. The van der Waals surface area contributed by atoms with Crippen LogP contribution in [0.5, 0.6) is 0 Å². The van der Waals surface area contributed by atoms with Crippen LogP contribution >= 0.6 is 35.3 Å². The number of aromatic nitrogens is 1. The van der Waals surface area contributed by atoms with E-state index in [-0.39, 0.29) is 30.1 Å². The molecule has 1 aromatic carbocycles. The Balaban J connectivity index is 0.00000240. The van der Waals surface area contributed by atoms with Crippen LogP contribution in [-0.2, 0) is 24.2 Å². The number of fused-ring (bicyclic) bond motifs is 1. The minimum atomic E-state index is 0. The molecule has 8 heteroatoms. The second kappa shape index (κ2) is 10.7. The summed E-state index contributed by atoms with van der Waals surface area (Å²) in [5.74, 6) is 0.934. The van der Waals surface area contributed by atoms with Gasteiger partial charge in [-0.25, -0.2) is 4.98 Å². The van der Waals surface area contributed by atoms with Crippen molar-refractivity contribution in [2.24, 2.45) is 4.99 Å². The van der Waals surface area contributed by atoms with Gasteiger partial charge in [0, 0.05) is 38.6 Å². The number of benzene rings is 1. The number of morpholine rings is 1. The molecular formula is C21H30IN5OS. The number of halogens is 1. The Morgan fingerprint density at radius 2 is 2.14 bits per heavy atom. The lowest BCUT2D eigenvalue weighted by molar-refractivity contribution is -0.0502. The van der Waals surface area contributed by atoms with E-state index in [2.05, 4.69) is 67.7 Å². The highest BCUT2D eigenvalue weighted by atomic mass is 127. The zero-order valence-electron chi connectivity index (χ0n) is 17.1. The van der Waals surface area contributed by atoms with Crippen LogP contribution < -0.4 is 5.32 Å². The first-order valence-electron chi connectivity index (χ1n) is 10.0. The third-order valence-electron chi connectivity index (χ3n) is 5.49. The lowest BCUT2D eigenvalue weighted by Gasteiger charge is -2.36. The molecule has 1 N–H and O–H groups in total. The first-order chi connectivity index (χ1) is 13.8. The Morgan fingerprint density at radius 1 is 1.31 bits per heavy atom. The number of ether oxygens (including phenoxy) is 1. The largest absolute Gasteiger partial charge is 0.373 e. The lowest BCUT2D eigenvalue weighted by Crippen LogP contribution is -2.50. The van der Waals surface area contributed by atoms with Crippen LogP contribution in [0.4, 0.5) is 0 Å². The van der Waals surface area contributed by atoms with Crippen molar-refractivity contribution in [1.82, 2.24) is 20.1 Å². The molecule has 0 bridgehead atoms. The van der Waals surface area contributed by atoms with E-state index in [1.807, 2.05) is 7.05 Å². The number of thiazole rings is 1. The fourth-order valence-electron chi connectivity index (χ4n) is 4.04. The molecule has 3 heterocycles. The van der Waals surface area contributed by atoms with Crippen LogP contribution in [0.25, 0.3) is 0 Å². The molecule has 2 aromatic rings. The van der Waals surface area contributed by atoms with Crippen LogP contribution in [0.3, 0.4) is 0 Å². The first-order valence-corrected chi connectivity index (χ1v) is 10.9. The van der Waals surface area contributed by atoms with Gasteiger partial charge in [-0.15, -0.1) is 35.3 Å². The molecule has 0 saturated carbocycles. The summed E-state index contributed by atoms with van der Waals surface area (Å²) in [4.78, 5) is 14.0. The van der Waals surface area contributed by atoms with Gasteiger partial charge in [-0.2, -0.15) is 0 Å². The van der Waals surface area contributed by atoms with Gasteiger partial charge in [0.15, 0.2) is 5.96 Å². The summed E-state index contributed by atoms with van der Waals surface area (Å²) >= 11 is 1.73. The van der Waals surface area contributed by atoms with Gasteiger partial charge in [0.1, 0.15) is 0 Å². The van der Waals surface area contributed by atoms with E-state index in [1.165, 1.54) is 10.6 Å². The summed E-state index contributed by atoms with van der Waals surface area (Å²) in [7, 11) is 1.85. The van der Waals surface area contributed by atoms with E-state index in [0.717, 1.165) is 50.9 Å². The maximum absolute atomic E-state index is 6.10. The minimum absolute atomic E-state index is 0. The Kier molecular flexibility index (Phi) is 8.28. The van der Waals surface area contributed by atoms with Crippen molar-refractivity contribution >= 4 is 41.3 Å². The monoisotopic (exact) mass is 527 g/mol. The van der Waals surface area contributed by atoms with Gasteiger partial charge in [0.2, 0.25) is 0 Å². The maximum atomic E-state index is 6.10. The van der Waals surface area contributed by atoms with Crippen molar-refractivity contribution in [2.45, 2.75) is 38.6 Å². The number of aryl methyl sites for hydroxylation is 1. The van der Waals surface area contributed by atoms with E-state index in [9.17, 15) is 0 Å². The average molecular weight is 527 g/mol. The SMILES string of the molecule is CCc1nc(CNC(=NC)N2CC3OCCN(Cc4ccccc4)C3C2)cs1.I. The standard InChI is InChI=1S/C21H29N5OS.HI/c1-3-20-24-17(15-28-20)11-23-21(22-2)26-13-18-19(14-26)27-10-9-25(18)12-16-7-5-4-6-8-16;/h4-8,15,18-19H,3,9-14H2,1-2H3,(H,22,23);1H. The molecule has 2 aliphatic heterocycles. The summed E-state index contributed by atoms with van der Waals surface area (Å²) in [5, 5.41) is 6.80. The lowest BCUT2D eigenvalue weighted by atomic mass is 10.1. The molecule has 2 atom stereocenters. The van der Waals surface area contributed by atoms with E-state index >= 15 is 0 Å². The number of nitrogens with one attached hydrogen (secondary N) is 1. The van der Waals surface area contributed by atoms with Crippen LogP contribution in [-0.4, -0.2) is 66.2 Å². The average Bonchev–Trinajstić information content (AvgIpc) is 3.37. The highest BCUT2D eigenvalue weighted by molar-refractivity contribution is 14.0. The van der Waals surface area contributed by atoms with Gasteiger partial charge in [0.25, 0.3) is 0 Å². The van der Waals surface area contributed by atoms with Crippen molar-refractivity contribution < 1.29 is 4.74 Å². The number of aliphatic imine (C=N–C) groups is 1. The molecule has 2 saturated heterocycles. The summed E-state index contributed by atoms with van der Waals surface area (Å²) in [6, 6.07) is 11.1. The number of guanidine groups is 1. The van der Waals surface area contributed by atoms with Crippen molar-refractivity contribution in [3.05, 3.63) is 52.0 Å². The number of hydrogen-bond acceptors (Lipinski definition) is 5. The molecule has 158 valence electrons. The molecule has 2 fully saturated rings. The van der Waals surface area contributed by atoms with Gasteiger partial charge in [-0.1, -0.05) is 37.3 Å². The number of likely N-dealkylation sites (tertiary alicyclic amines) is 1. The summed E-state index contributed by atoms with van der Waals surface area (Å²) in [6.45, 7) is 7.43. The molecule has 6 nitrogen and oxygen atoms in total. The quantitative estimate of drug-likeness (QED) is 0.368. The third kappa shape index (κ3) is 5.48. The molecule has 0 amide bonds. The van der Waals surface area contributed by atoms with Gasteiger partial charge >= 0.3 is 0 Å². The van der Waals surface area contributed by atoms with Crippen molar-refractivity contribution in [3.8, 4) is 0 Å². The van der Waals surface area contributed by atoms with Crippen LogP contribution in [0.1, 0.15) is 23.2 Å². The topological polar surface area (TPSA) is 53.0 Å². The molecule has 2 aliphatic rings. The van der Waals surface area contributed by atoms with Crippen LogP contribution in [0.15, 0.2) is 40.7 Å². The Morgan fingerprint density at radius 3 is 2.86 bits per heavy atom. The minimum Gasteiger partial charge on any atom is -0.373 e. The van der Waals surface area contributed by atoms with E-state index < -0.39 is 0 Å². The number of nitrogens with zero attached hydrogens (tertiary/aromatic N) is 4. The van der Waals surface area contributed by atoms with Crippen LogP contribution in [0.2, 0.25) is 0 Å². The fraction of sp³-hybridized carbons (Fsp3) is 0.524. The Hall–Kier alpha value is -1.23.